The van der Waals surface area contributed by atoms with Crippen LogP contribution in [0.5, 0.6) is 0 Å². The fourth-order valence-electron chi connectivity index (χ4n) is 10.9. The largest absolute Gasteiger partial charge is 3.00 e. The number of hydrogen-bond acceptors (Lipinski definition) is 7. The molecule has 0 amide bonds. The molecule has 0 bridgehead atoms. The van der Waals surface area contributed by atoms with Crippen LogP contribution < -0.4 is 5.10 Å². The van der Waals surface area contributed by atoms with Crippen molar-refractivity contribution in [1.82, 2.24) is 68.3 Å². The summed E-state index contributed by atoms with van der Waals surface area (Å²) in [7, 11) is -2.92. The van der Waals surface area contributed by atoms with Gasteiger partial charge in [0.2, 0.25) is 0 Å². The molecule has 0 aliphatic heterocycles. The SMILES string of the molecule is CC(C)c1cc(C(C)C)[n-]n1.CC(C)c1cc(C(C)C)n([BH-](n2nc(C(C)C)cc2C(C)C)n2nc(C(C)C)cc2C(C)C)n1.CC(C)c1cc(C(C)C)n([BH-](n2nc(C(C)C)cc2C(C)C)n2nc(C(C)C)cc2C(C)C)n1.CCCCC.CCCCC.[Sm+3]. The van der Waals surface area contributed by atoms with Crippen LogP contribution in [0.3, 0.4) is 0 Å². The summed E-state index contributed by atoms with van der Waals surface area (Å²) in [6.07, 6.45) is 8.15. The van der Waals surface area contributed by atoms with E-state index in [0.29, 0.717) is 82.9 Å². The summed E-state index contributed by atoms with van der Waals surface area (Å²) in [5, 5.41) is 39.5. The van der Waals surface area contributed by atoms with E-state index in [-0.39, 0.29) is 40.4 Å². The Hall–Kier alpha value is -4.06. The number of aromatic nitrogens is 14. The molecule has 7 aromatic rings. The molecular weight excluding hydrogens is 1240 g/mol. The molecule has 17 heteroatoms. The van der Waals surface area contributed by atoms with E-state index in [0.717, 1.165) is 45.6 Å². The molecule has 90 heavy (non-hydrogen) atoms. The second-order valence-corrected chi connectivity index (χ2v) is 29.9. The molecule has 0 atom stereocenters. The summed E-state index contributed by atoms with van der Waals surface area (Å²) in [6.45, 7) is 71.1. The molecule has 7 rings (SSSR count). The molecular formula is C73H131B2N14Sm. The fourth-order valence-corrected chi connectivity index (χ4v) is 10.9. The van der Waals surface area contributed by atoms with Gasteiger partial charge in [0.1, 0.15) is 0 Å². The zero-order chi connectivity index (χ0) is 67.6. The Kier molecular flexibility index (Phi) is 34.9. The number of nitrogens with zero attached hydrogens (tertiary/aromatic N) is 14. The molecule has 0 aromatic carbocycles. The maximum Gasteiger partial charge on any atom is 3.00 e. The molecule has 14 nitrogen and oxygen atoms in total. The van der Waals surface area contributed by atoms with E-state index >= 15 is 0 Å². The van der Waals surface area contributed by atoms with Gasteiger partial charge in [0.15, 0.2) is 0 Å². The second-order valence-electron chi connectivity index (χ2n) is 29.9. The molecule has 0 spiro atoms. The van der Waals surface area contributed by atoms with E-state index in [1.54, 1.807) is 0 Å². The Balaban J connectivity index is 0.000000461. The summed E-state index contributed by atoms with van der Waals surface area (Å²) in [5.41, 5.74) is 16.5. The molecule has 7 aromatic heterocycles. The summed E-state index contributed by atoms with van der Waals surface area (Å²) in [5.74, 6) is 5.25. The molecule has 1 radical (unpaired) electrons. The van der Waals surface area contributed by atoms with E-state index < -0.39 is 14.2 Å². The van der Waals surface area contributed by atoms with Gasteiger partial charge in [-0.25, -0.2) is 30.6 Å². The minimum atomic E-state index is -1.46. The average molecular weight is 1380 g/mol. The van der Waals surface area contributed by atoms with Crippen LogP contribution in [0.4, 0.5) is 0 Å². The molecule has 0 aliphatic carbocycles. The Morgan fingerprint density at radius 3 is 0.544 bits per heavy atom. The van der Waals surface area contributed by atoms with Gasteiger partial charge >= 0.3 is 54.6 Å². The first-order valence-electron chi connectivity index (χ1n) is 35.5. The Morgan fingerprint density at radius 2 is 0.444 bits per heavy atom. The van der Waals surface area contributed by atoms with Crippen molar-refractivity contribution in [2.24, 2.45) is 0 Å². The van der Waals surface area contributed by atoms with Gasteiger partial charge in [-0.15, -0.1) is 5.69 Å². The molecule has 0 unspecified atom stereocenters. The third-order valence-corrected chi connectivity index (χ3v) is 16.9. The maximum absolute atomic E-state index is 5.23. The van der Waals surface area contributed by atoms with Gasteiger partial charge in [-0.3, -0.25) is 0 Å². The van der Waals surface area contributed by atoms with Crippen LogP contribution in [0.2, 0.25) is 0 Å². The van der Waals surface area contributed by atoms with Gasteiger partial charge in [0, 0.05) is 39.9 Å². The van der Waals surface area contributed by atoms with Crippen LogP contribution in [0, 0.1) is 40.4 Å². The number of hydrogen-bond donors (Lipinski definition) is 0. The Morgan fingerprint density at radius 1 is 0.267 bits per heavy atom. The first-order valence-corrected chi connectivity index (χ1v) is 35.5. The van der Waals surface area contributed by atoms with Gasteiger partial charge in [0.05, 0.1) is 34.2 Å². The normalized spacial score (nSPS) is 12.0. The van der Waals surface area contributed by atoms with Crippen molar-refractivity contribution < 1.29 is 40.4 Å². The van der Waals surface area contributed by atoms with Gasteiger partial charge < -0.3 is 37.8 Å². The van der Waals surface area contributed by atoms with Crippen LogP contribution in [0.25, 0.3) is 0 Å². The van der Waals surface area contributed by atoms with Gasteiger partial charge in [-0.2, -0.15) is 0 Å². The molecule has 0 N–H and O–H groups in total. The summed E-state index contributed by atoms with van der Waals surface area (Å²) >= 11 is 0. The van der Waals surface area contributed by atoms with E-state index in [1.165, 1.54) is 72.7 Å². The molecule has 7 heterocycles. The quantitative estimate of drug-likeness (QED) is 0.0546. The van der Waals surface area contributed by atoms with Gasteiger partial charge in [0.25, 0.3) is 0 Å². The smallest absolute Gasteiger partial charge is 0.578 e. The van der Waals surface area contributed by atoms with E-state index in [2.05, 4.69) is 302 Å². The summed E-state index contributed by atoms with van der Waals surface area (Å²) in [6, 6.07) is 15.8. The standard InChI is InChI=1S/2C27H46BN6.C9H15N2.2C5H12.Sm/c2*1-16(2)22-13-25(19(7)8)32(29-22)28(33-26(20(9)10)14-23(30-33)17(3)4)34-27(21(11)12)15-24(31-34)18(5)6;1-6(2)8-5-9(7(3)4)11-10-8;2*1-3-5-4-2;/h2*13-21,28H,1-12H3;5-7H,1-4H3;2*3-5H2,1-2H3;/q3*-1;;;+3. The van der Waals surface area contributed by atoms with Crippen molar-refractivity contribution in [3.63, 3.8) is 0 Å². The van der Waals surface area contributed by atoms with E-state index in [9.17, 15) is 0 Å². The predicted octanol–water partition coefficient (Wildman–Crippen LogP) is 20.0. The van der Waals surface area contributed by atoms with Crippen molar-refractivity contribution in [2.45, 2.75) is 343 Å². The first kappa shape index (κ1) is 82.0. The molecule has 0 fully saturated rings. The summed E-state index contributed by atoms with van der Waals surface area (Å²) in [4.78, 5) is 0. The van der Waals surface area contributed by atoms with Crippen LogP contribution in [-0.4, -0.2) is 77.5 Å². The van der Waals surface area contributed by atoms with Gasteiger partial charge in [-0.05, 0) is 119 Å². The number of unbranched alkanes of at least 4 members (excludes halogenated alkanes) is 4. The van der Waals surface area contributed by atoms with Crippen molar-refractivity contribution in [3.8, 4) is 0 Å². The average Bonchev–Trinajstić information content (AvgIpc) is 1.62. The first-order chi connectivity index (χ1) is 41.6. The number of rotatable bonds is 24. The minimum Gasteiger partial charge on any atom is -0.578 e. The Bertz CT molecular complexity index is 2620. The van der Waals surface area contributed by atoms with Crippen LogP contribution in [0.15, 0.2) is 42.5 Å². The monoisotopic (exact) mass is 1380 g/mol. The Labute approximate surface area is 583 Å². The van der Waals surface area contributed by atoms with Crippen LogP contribution >= 0.6 is 0 Å². The minimum absolute atomic E-state index is 0. The fraction of sp³-hybridized carbons (Fsp3) is 0.712. The molecule has 0 saturated heterocycles. The second kappa shape index (κ2) is 38.3. The maximum atomic E-state index is 5.23. The van der Waals surface area contributed by atoms with Crippen molar-refractivity contribution in [3.05, 3.63) is 122 Å². The third-order valence-electron chi connectivity index (χ3n) is 16.9. The van der Waals surface area contributed by atoms with E-state index in [4.69, 9.17) is 30.6 Å². The topological polar surface area (TPSA) is 134 Å². The van der Waals surface area contributed by atoms with Crippen molar-refractivity contribution >= 4 is 14.2 Å². The van der Waals surface area contributed by atoms with Crippen molar-refractivity contribution in [2.75, 3.05) is 0 Å². The zero-order valence-corrected chi connectivity index (χ0v) is 66.1. The predicted molar refractivity (Wildman–Crippen MR) is 385 cm³/mol. The third kappa shape index (κ3) is 22.3. The van der Waals surface area contributed by atoms with Crippen LogP contribution in [0.1, 0.15) is 423 Å². The van der Waals surface area contributed by atoms with E-state index in [1.807, 2.05) is 0 Å². The molecule has 0 saturated carbocycles. The molecule has 505 valence electrons. The van der Waals surface area contributed by atoms with Crippen molar-refractivity contribution in [1.29, 1.82) is 0 Å². The molecule has 0 aliphatic rings. The van der Waals surface area contributed by atoms with Crippen LogP contribution in [-0.2, 0) is 0 Å². The summed E-state index contributed by atoms with van der Waals surface area (Å²) < 4.78 is 13.6. The zero-order valence-electron chi connectivity index (χ0n) is 63.5. The van der Waals surface area contributed by atoms with Gasteiger partial charge in [-0.1, -0.05) is 266 Å².